The van der Waals surface area contributed by atoms with Crippen LogP contribution in [0.3, 0.4) is 0 Å². The summed E-state index contributed by atoms with van der Waals surface area (Å²) in [6.45, 7) is 2.05. The third-order valence-corrected chi connectivity index (χ3v) is 5.48. The summed E-state index contributed by atoms with van der Waals surface area (Å²) in [7, 11) is 0. The van der Waals surface area contributed by atoms with E-state index in [4.69, 9.17) is 0 Å². The zero-order valence-corrected chi connectivity index (χ0v) is 16.3. The summed E-state index contributed by atoms with van der Waals surface area (Å²) in [6.07, 6.45) is 0. The molecule has 0 saturated heterocycles. The van der Waals surface area contributed by atoms with Gasteiger partial charge in [-0.05, 0) is 58.1 Å². The standard InChI is InChI=1S/C18H13Br2NOS/c1-11-2-4-12(5-3-11)14-8-9-23-17(14)18(22)21-16-7-6-13(19)10-15(16)20/h2-10H,1H3,(H,21,22). The molecule has 0 radical (unpaired) electrons. The molecule has 2 nitrogen and oxygen atoms in total. The van der Waals surface area contributed by atoms with Crippen molar-refractivity contribution >= 4 is 54.8 Å². The monoisotopic (exact) mass is 449 g/mol. The average Bonchev–Trinajstić information content (AvgIpc) is 3.00. The second-order valence-electron chi connectivity index (χ2n) is 5.11. The van der Waals surface area contributed by atoms with Gasteiger partial charge in [-0.15, -0.1) is 11.3 Å². The Hall–Kier alpha value is -1.43. The third-order valence-electron chi connectivity index (χ3n) is 3.41. The van der Waals surface area contributed by atoms with Crippen LogP contribution >= 0.6 is 43.2 Å². The summed E-state index contributed by atoms with van der Waals surface area (Å²) in [4.78, 5) is 13.4. The molecular weight excluding hydrogens is 438 g/mol. The number of hydrogen-bond acceptors (Lipinski definition) is 2. The first-order valence-corrected chi connectivity index (χ1v) is 9.42. The number of aryl methyl sites for hydroxylation is 1. The van der Waals surface area contributed by atoms with E-state index in [9.17, 15) is 4.79 Å². The summed E-state index contributed by atoms with van der Waals surface area (Å²) in [6, 6.07) is 15.9. The molecule has 0 atom stereocenters. The van der Waals surface area contributed by atoms with Crippen molar-refractivity contribution in [3.05, 3.63) is 73.3 Å². The zero-order valence-electron chi connectivity index (χ0n) is 12.3. The number of rotatable bonds is 3. The maximum atomic E-state index is 12.6. The minimum absolute atomic E-state index is 0.0985. The van der Waals surface area contributed by atoms with Crippen molar-refractivity contribution in [3.8, 4) is 11.1 Å². The molecular formula is C18H13Br2NOS. The first kappa shape index (κ1) is 16.4. The van der Waals surface area contributed by atoms with Crippen molar-refractivity contribution in [1.29, 1.82) is 0 Å². The quantitative estimate of drug-likeness (QED) is 0.484. The van der Waals surface area contributed by atoms with Crippen molar-refractivity contribution in [2.75, 3.05) is 5.32 Å². The van der Waals surface area contributed by atoms with E-state index < -0.39 is 0 Å². The van der Waals surface area contributed by atoms with E-state index in [1.54, 1.807) is 0 Å². The van der Waals surface area contributed by atoms with E-state index in [0.29, 0.717) is 4.88 Å². The summed E-state index contributed by atoms with van der Waals surface area (Å²) in [5.74, 6) is -0.0985. The second-order valence-corrected chi connectivity index (χ2v) is 7.79. The number of benzene rings is 2. The highest BCUT2D eigenvalue weighted by atomic mass is 79.9. The highest BCUT2D eigenvalue weighted by Gasteiger charge is 2.15. The molecule has 3 aromatic rings. The molecule has 0 aliphatic rings. The Morgan fingerprint density at radius 1 is 1.04 bits per heavy atom. The normalized spacial score (nSPS) is 10.6. The Morgan fingerprint density at radius 2 is 1.78 bits per heavy atom. The lowest BCUT2D eigenvalue weighted by Gasteiger charge is -2.09. The smallest absolute Gasteiger partial charge is 0.266 e. The molecule has 0 aliphatic carbocycles. The summed E-state index contributed by atoms with van der Waals surface area (Å²) >= 11 is 8.33. The van der Waals surface area contributed by atoms with Crippen molar-refractivity contribution in [1.82, 2.24) is 0 Å². The zero-order chi connectivity index (χ0) is 16.4. The van der Waals surface area contributed by atoms with Crippen molar-refractivity contribution in [3.63, 3.8) is 0 Å². The fourth-order valence-corrected chi connectivity index (χ4v) is 4.17. The molecule has 3 rings (SSSR count). The van der Waals surface area contributed by atoms with Crippen LogP contribution < -0.4 is 5.32 Å². The van der Waals surface area contributed by atoms with Crippen LogP contribution in [-0.4, -0.2) is 5.91 Å². The van der Waals surface area contributed by atoms with Gasteiger partial charge in [0.2, 0.25) is 0 Å². The van der Waals surface area contributed by atoms with Gasteiger partial charge in [0.25, 0.3) is 5.91 Å². The number of nitrogens with one attached hydrogen (secondary N) is 1. The van der Waals surface area contributed by atoms with Crippen LogP contribution in [0.4, 0.5) is 5.69 Å². The molecule has 0 bridgehead atoms. The minimum Gasteiger partial charge on any atom is -0.320 e. The highest BCUT2D eigenvalue weighted by molar-refractivity contribution is 9.11. The molecule has 1 heterocycles. The van der Waals surface area contributed by atoms with Crippen LogP contribution in [-0.2, 0) is 0 Å². The Labute approximate surface area is 155 Å². The van der Waals surface area contributed by atoms with E-state index in [-0.39, 0.29) is 5.91 Å². The largest absolute Gasteiger partial charge is 0.320 e. The Morgan fingerprint density at radius 3 is 2.48 bits per heavy atom. The van der Waals surface area contributed by atoms with Gasteiger partial charge in [-0.3, -0.25) is 4.79 Å². The Bertz CT molecular complexity index is 856. The topological polar surface area (TPSA) is 29.1 Å². The van der Waals surface area contributed by atoms with Gasteiger partial charge in [-0.1, -0.05) is 45.8 Å². The van der Waals surface area contributed by atoms with E-state index in [1.807, 2.05) is 41.8 Å². The number of carbonyl (C=O) groups is 1. The SMILES string of the molecule is Cc1ccc(-c2ccsc2C(=O)Nc2ccc(Br)cc2Br)cc1. The van der Waals surface area contributed by atoms with Gasteiger partial charge in [0, 0.05) is 14.5 Å². The lowest BCUT2D eigenvalue weighted by atomic mass is 10.0. The van der Waals surface area contributed by atoms with Gasteiger partial charge in [0.1, 0.15) is 0 Å². The fourth-order valence-electron chi connectivity index (χ4n) is 2.22. The van der Waals surface area contributed by atoms with Crippen LogP contribution in [0.2, 0.25) is 0 Å². The van der Waals surface area contributed by atoms with E-state index in [2.05, 4.69) is 56.2 Å². The number of halogens is 2. The van der Waals surface area contributed by atoms with E-state index in [0.717, 1.165) is 25.8 Å². The van der Waals surface area contributed by atoms with E-state index >= 15 is 0 Å². The first-order valence-electron chi connectivity index (χ1n) is 6.95. The van der Waals surface area contributed by atoms with E-state index in [1.165, 1.54) is 16.9 Å². The van der Waals surface area contributed by atoms with Gasteiger partial charge in [-0.25, -0.2) is 0 Å². The number of amides is 1. The molecule has 2 aromatic carbocycles. The summed E-state index contributed by atoms with van der Waals surface area (Å²) in [5, 5.41) is 4.91. The van der Waals surface area contributed by atoms with Crippen LogP contribution in [0.5, 0.6) is 0 Å². The minimum atomic E-state index is -0.0985. The number of anilines is 1. The fraction of sp³-hybridized carbons (Fsp3) is 0.0556. The van der Waals surface area contributed by atoms with Crippen LogP contribution in [0.25, 0.3) is 11.1 Å². The van der Waals surface area contributed by atoms with Gasteiger partial charge in [0.05, 0.1) is 10.6 Å². The molecule has 5 heteroatoms. The molecule has 0 aliphatic heterocycles. The molecule has 0 unspecified atom stereocenters. The maximum absolute atomic E-state index is 12.6. The lowest BCUT2D eigenvalue weighted by molar-refractivity contribution is 0.103. The Kier molecular flexibility index (Phi) is 4.99. The molecule has 0 spiro atoms. The predicted octanol–water partition coefficient (Wildman–Crippen LogP) is 6.50. The Balaban J connectivity index is 1.89. The molecule has 1 aromatic heterocycles. The number of thiophene rings is 1. The molecule has 1 amide bonds. The van der Waals surface area contributed by atoms with Crippen molar-refractivity contribution < 1.29 is 4.79 Å². The number of carbonyl (C=O) groups excluding carboxylic acids is 1. The van der Waals surface area contributed by atoms with Gasteiger partial charge < -0.3 is 5.32 Å². The van der Waals surface area contributed by atoms with Crippen LogP contribution in [0.1, 0.15) is 15.2 Å². The summed E-state index contributed by atoms with van der Waals surface area (Å²) in [5.41, 5.74) is 3.97. The van der Waals surface area contributed by atoms with Gasteiger partial charge >= 0.3 is 0 Å². The van der Waals surface area contributed by atoms with Crippen molar-refractivity contribution in [2.45, 2.75) is 6.92 Å². The molecule has 116 valence electrons. The number of hydrogen-bond donors (Lipinski definition) is 1. The molecule has 23 heavy (non-hydrogen) atoms. The van der Waals surface area contributed by atoms with Crippen LogP contribution in [0.15, 0.2) is 62.9 Å². The average molecular weight is 451 g/mol. The second kappa shape index (κ2) is 6.99. The summed E-state index contributed by atoms with van der Waals surface area (Å²) < 4.78 is 1.80. The maximum Gasteiger partial charge on any atom is 0.266 e. The van der Waals surface area contributed by atoms with Gasteiger partial charge in [-0.2, -0.15) is 0 Å². The first-order chi connectivity index (χ1) is 11.0. The predicted molar refractivity (Wildman–Crippen MR) is 104 cm³/mol. The highest BCUT2D eigenvalue weighted by Crippen LogP contribution is 2.31. The third kappa shape index (κ3) is 3.74. The van der Waals surface area contributed by atoms with Gasteiger partial charge in [0.15, 0.2) is 0 Å². The van der Waals surface area contributed by atoms with Crippen molar-refractivity contribution in [2.24, 2.45) is 0 Å². The molecule has 0 saturated carbocycles. The molecule has 0 fully saturated rings. The molecule has 1 N–H and O–H groups in total. The van der Waals surface area contributed by atoms with Crippen LogP contribution in [0, 0.1) is 6.92 Å². The lowest BCUT2D eigenvalue weighted by Crippen LogP contribution is -2.11.